The first-order valence-corrected chi connectivity index (χ1v) is 18.6. The molecule has 0 atom stereocenters. The van der Waals surface area contributed by atoms with Gasteiger partial charge in [0.1, 0.15) is 58.9 Å². The molecule has 0 unspecified atom stereocenters. The highest BCUT2D eigenvalue weighted by Crippen LogP contribution is 2.31. The van der Waals surface area contributed by atoms with Crippen molar-refractivity contribution in [1.82, 2.24) is 4.98 Å². The van der Waals surface area contributed by atoms with Crippen molar-refractivity contribution >= 4 is 39.6 Å². The van der Waals surface area contributed by atoms with Crippen molar-refractivity contribution in [3.8, 4) is 0 Å². The minimum Gasteiger partial charge on any atom is -0.287 e. The Morgan fingerprint density at radius 1 is 0.448 bits per heavy atom. The van der Waals surface area contributed by atoms with Gasteiger partial charge in [0.2, 0.25) is 18.1 Å². The van der Waals surface area contributed by atoms with Crippen LogP contribution in [0, 0.1) is 116 Å². The maximum atomic E-state index is 15.4. The molecule has 0 amide bonds. The second-order valence-corrected chi connectivity index (χ2v) is 14.1. The Kier molecular flexibility index (Phi) is 15.2. The van der Waals surface area contributed by atoms with Crippen LogP contribution in [0.3, 0.4) is 0 Å². The normalized spacial score (nSPS) is 11.5. The third-order valence-electron chi connectivity index (χ3n) is 10.2. The van der Waals surface area contributed by atoms with Crippen LogP contribution in [-0.4, -0.2) is 22.7 Å². The van der Waals surface area contributed by atoms with Gasteiger partial charge in [0.25, 0.3) is 5.69 Å². The molecular formula is C42H21BF20N2O2. The zero-order valence-corrected chi connectivity index (χ0v) is 33.0. The number of unbranched alkanes of at least 4 members (excludes halogenated alkanes) is 2. The lowest BCUT2D eigenvalue weighted by atomic mass is 9.12. The van der Waals surface area contributed by atoms with Crippen LogP contribution in [0.4, 0.5) is 87.8 Å². The zero-order chi connectivity index (χ0) is 50.1. The van der Waals surface area contributed by atoms with Gasteiger partial charge in [-0.25, -0.2) is 87.8 Å². The lowest BCUT2D eigenvalue weighted by Gasteiger charge is -2.44. The Morgan fingerprint density at radius 3 is 1.07 bits per heavy atom. The number of benzene rings is 5. The number of ketones is 2. The number of halogens is 20. The Morgan fingerprint density at radius 2 is 0.761 bits per heavy atom. The Bertz CT molecular complexity index is 2570. The van der Waals surface area contributed by atoms with Gasteiger partial charge in [-0.1, -0.05) is 50.1 Å². The molecule has 67 heavy (non-hydrogen) atoms. The third-order valence-corrected chi connectivity index (χ3v) is 10.2. The molecule has 0 aliphatic heterocycles. The van der Waals surface area contributed by atoms with Crippen molar-refractivity contribution in [1.29, 1.82) is 0 Å². The van der Waals surface area contributed by atoms with Crippen LogP contribution in [0.15, 0.2) is 48.9 Å². The van der Waals surface area contributed by atoms with Gasteiger partial charge in [-0.05, 0) is 6.42 Å². The number of nitrogens with zero attached hydrogens (tertiary/aromatic N) is 2. The van der Waals surface area contributed by atoms with Crippen LogP contribution in [0.1, 0.15) is 53.5 Å². The van der Waals surface area contributed by atoms with Crippen LogP contribution in [0.5, 0.6) is 0 Å². The molecule has 0 spiro atoms. The van der Waals surface area contributed by atoms with E-state index in [-0.39, 0.29) is 18.1 Å². The Labute approximate surface area is 362 Å². The number of hydrogen-bond donors (Lipinski definition) is 0. The molecule has 1 heterocycles. The molecule has 0 aliphatic carbocycles. The molecule has 6 aromatic rings. The minimum absolute atomic E-state index is 0.0144. The molecule has 1 aromatic heterocycles. The maximum Gasteiger partial charge on any atom is 0.267 e. The molecular weight excluding hydrogens is 955 g/mol. The van der Waals surface area contributed by atoms with Gasteiger partial charge in [0.05, 0.1) is 6.20 Å². The van der Waals surface area contributed by atoms with Crippen molar-refractivity contribution in [2.45, 2.75) is 39.2 Å². The van der Waals surface area contributed by atoms with E-state index in [1.54, 1.807) is 35.3 Å². The summed E-state index contributed by atoms with van der Waals surface area (Å²) in [6.45, 7) is 2.26. The number of Topliss-reactive ketones (excluding diaryl/α,β-unsaturated/α-hetero) is 2. The summed E-state index contributed by atoms with van der Waals surface area (Å²) in [4.78, 5) is 28.6. The monoisotopic (exact) mass is 976 g/mol. The van der Waals surface area contributed by atoms with Gasteiger partial charge in [-0.15, -0.1) is 21.9 Å². The maximum absolute atomic E-state index is 15.4. The summed E-state index contributed by atoms with van der Waals surface area (Å²) in [7, 11) is 0. The smallest absolute Gasteiger partial charge is 0.267 e. The van der Waals surface area contributed by atoms with E-state index in [0.29, 0.717) is 17.7 Å². The average Bonchev–Trinajstić information content (AvgIpc) is 3.32. The molecule has 6 rings (SSSR count). The van der Waals surface area contributed by atoms with Gasteiger partial charge >= 0.3 is 0 Å². The topological polar surface area (TPSA) is 50.9 Å². The number of hydrogen-bond acceptors (Lipinski definition) is 3. The van der Waals surface area contributed by atoms with Crippen LogP contribution < -0.4 is 26.4 Å². The van der Waals surface area contributed by atoms with E-state index in [9.17, 15) is 62.3 Å². The summed E-state index contributed by atoms with van der Waals surface area (Å²) in [5, 5.41) is 0. The van der Waals surface area contributed by atoms with E-state index in [1.807, 2.05) is 18.2 Å². The summed E-state index contributed by atoms with van der Waals surface area (Å²) in [6, 6.07) is 9.11. The number of aromatic nitrogens is 2. The van der Waals surface area contributed by atoms with Crippen molar-refractivity contribution in [2.24, 2.45) is 0 Å². The van der Waals surface area contributed by atoms with E-state index >= 15 is 35.1 Å². The van der Waals surface area contributed by atoms with Crippen LogP contribution >= 0.6 is 0 Å². The molecule has 4 nitrogen and oxygen atoms in total. The number of carbonyl (C=O) groups excluding carboxylic acids is 2. The lowest BCUT2D eigenvalue weighted by molar-refractivity contribution is -0.685. The molecule has 0 aliphatic rings. The highest BCUT2D eigenvalue weighted by atomic mass is 19.2. The van der Waals surface area contributed by atoms with Crippen molar-refractivity contribution in [3.05, 3.63) is 177 Å². The summed E-state index contributed by atoms with van der Waals surface area (Å²) in [5.74, 6) is -71.4. The summed E-state index contributed by atoms with van der Waals surface area (Å²) < 4.78 is 296. The predicted octanol–water partition coefficient (Wildman–Crippen LogP) is 8.86. The SMILES string of the molecule is CCCCCC(=O)c1cncc[n+]1CC(=O)c1ccccc1.Fc1c(F)c(F)c([B-](c2c(F)c(F)c(F)c(F)c2F)(c2c(F)c(F)c(F)c(F)c2F)c2c(F)c(F)c(F)c(F)c2F)c(F)c1F. The van der Waals surface area contributed by atoms with Crippen molar-refractivity contribution in [2.75, 3.05) is 0 Å². The summed E-state index contributed by atoms with van der Waals surface area (Å²) >= 11 is 0. The second kappa shape index (κ2) is 20.0. The average molecular weight is 976 g/mol. The first kappa shape index (κ1) is 51.2. The van der Waals surface area contributed by atoms with Crippen LogP contribution in [0.2, 0.25) is 0 Å². The lowest BCUT2D eigenvalue weighted by Crippen LogP contribution is -2.81. The molecule has 0 fully saturated rings. The van der Waals surface area contributed by atoms with Crippen molar-refractivity contribution < 1.29 is 102 Å². The standard InChI is InChI=1S/C24BF20.C18H21N2O2/c26-5-1(6(27)14(35)21(42)13(5)34)25(2-7(28)15(36)22(43)16(37)8(2)29,3-9(30)17(38)23(44)18(39)10(3)31)4-11(32)19(40)24(45)20(41)12(4)33;1-2-3-5-10-17(21)16-13-19-11-12-20(16)14-18(22)15-8-6-4-7-9-15/h;4,6-9,11-13H,2-3,5,10,14H2,1H3/q-1;+1. The molecule has 0 saturated carbocycles. The fourth-order valence-corrected chi connectivity index (χ4v) is 7.16. The molecule has 5 aromatic carbocycles. The zero-order valence-electron chi connectivity index (χ0n) is 33.0. The van der Waals surface area contributed by atoms with Crippen LogP contribution in [0.25, 0.3) is 0 Å². The van der Waals surface area contributed by atoms with E-state index in [1.165, 1.54) is 0 Å². The van der Waals surface area contributed by atoms with Gasteiger partial charge in [-0.2, -0.15) is 4.57 Å². The number of carbonyl (C=O) groups is 2. The molecule has 0 N–H and O–H groups in total. The molecule has 0 radical (unpaired) electrons. The highest BCUT2D eigenvalue weighted by Gasteiger charge is 2.52. The predicted molar refractivity (Wildman–Crippen MR) is 193 cm³/mol. The molecule has 0 bridgehead atoms. The summed E-state index contributed by atoms with van der Waals surface area (Å²) in [5.41, 5.74) is -13.2. The van der Waals surface area contributed by atoms with Crippen molar-refractivity contribution in [3.63, 3.8) is 0 Å². The van der Waals surface area contributed by atoms with Gasteiger partial charge < -0.3 is 0 Å². The quantitative estimate of drug-likeness (QED) is 0.0235. The van der Waals surface area contributed by atoms with E-state index < -0.39 is 144 Å². The minimum atomic E-state index is -7.22. The van der Waals surface area contributed by atoms with Crippen LogP contribution in [-0.2, 0) is 6.54 Å². The second-order valence-electron chi connectivity index (χ2n) is 14.1. The highest BCUT2D eigenvalue weighted by molar-refractivity contribution is 7.20. The van der Waals surface area contributed by atoms with E-state index in [2.05, 4.69) is 11.9 Å². The van der Waals surface area contributed by atoms with E-state index in [4.69, 9.17) is 0 Å². The fourth-order valence-electron chi connectivity index (χ4n) is 7.16. The third kappa shape index (κ3) is 8.70. The first-order chi connectivity index (χ1) is 31.4. The Balaban J connectivity index is 0.000000319. The first-order valence-electron chi connectivity index (χ1n) is 18.6. The molecule has 25 heteroatoms. The van der Waals surface area contributed by atoms with Gasteiger partial charge in [-0.3, -0.25) is 14.6 Å². The van der Waals surface area contributed by atoms with Gasteiger partial charge in [0.15, 0.2) is 76.0 Å². The number of rotatable bonds is 12. The largest absolute Gasteiger partial charge is 0.287 e. The molecule has 354 valence electrons. The summed E-state index contributed by atoms with van der Waals surface area (Å²) in [6.07, 6.45) is 1.10. The van der Waals surface area contributed by atoms with E-state index in [0.717, 1.165) is 19.3 Å². The molecule has 0 saturated heterocycles. The fraction of sp³-hybridized carbons (Fsp3) is 0.143. The van der Waals surface area contributed by atoms with Gasteiger partial charge in [0, 0.05) is 12.0 Å². The Hall–Kier alpha value is -6.82.